The van der Waals surface area contributed by atoms with Crippen molar-refractivity contribution in [1.29, 1.82) is 0 Å². The highest BCUT2D eigenvalue weighted by Gasteiger charge is 2.51. The second-order valence-corrected chi connectivity index (χ2v) is 6.89. The van der Waals surface area contributed by atoms with Crippen molar-refractivity contribution in [3.05, 3.63) is 0 Å². The molecule has 0 bridgehead atoms. The molecule has 2 N–H and O–H groups in total. The fraction of sp³-hybridized carbons (Fsp3) is 0.929. The van der Waals surface area contributed by atoms with Gasteiger partial charge in [0.1, 0.15) is 5.60 Å². The van der Waals surface area contributed by atoms with E-state index in [9.17, 15) is 15.0 Å². The van der Waals surface area contributed by atoms with Crippen molar-refractivity contribution in [2.24, 2.45) is 5.41 Å². The van der Waals surface area contributed by atoms with Gasteiger partial charge in [-0.15, -0.1) is 0 Å². The second kappa shape index (κ2) is 4.82. The first-order valence-corrected chi connectivity index (χ1v) is 6.62. The molecule has 0 radical (unpaired) electrons. The van der Waals surface area contributed by atoms with Gasteiger partial charge in [0.15, 0.2) is 0 Å². The van der Waals surface area contributed by atoms with Crippen LogP contribution in [0.3, 0.4) is 0 Å². The maximum atomic E-state index is 12.2. The average molecular weight is 258 g/mol. The molecule has 1 saturated carbocycles. The Balaban J connectivity index is 2.81. The van der Waals surface area contributed by atoms with E-state index in [1.165, 1.54) is 0 Å². The SMILES string of the molecule is CC(C)(C)OC(=O)C(C)(C)[C@]1(O)CC[C@H](O)CC1. The summed E-state index contributed by atoms with van der Waals surface area (Å²) in [5, 5.41) is 20.2. The summed E-state index contributed by atoms with van der Waals surface area (Å²) < 4.78 is 5.39. The fourth-order valence-corrected chi connectivity index (χ4v) is 2.30. The van der Waals surface area contributed by atoms with E-state index in [4.69, 9.17) is 4.74 Å². The van der Waals surface area contributed by atoms with E-state index >= 15 is 0 Å². The number of aliphatic hydroxyl groups excluding tert-OH is 1. The van der Waals surface area contributed by atoms with Gasteiger partial charge in [-0.2, -0.15) is 0 Å². The van der Waals surface area contributed by atoms with E-state index in [1.54, 1.807) is 13.8 Å². The second-order valence-electron chi connectivity index (χ2n) is 6.89. The first-order valence-electron chi connectivity index (χ1n) is 6.62. The van der Waals surface area contributed by atoms with Crippen LogP contribution in [-0.2, 0) is 9.53 Å². The van der Waals surface area contributed by atoms with Crippen molar-refractivity contribution < 1.29 is 19.7 Å². The van der Waals surface area contributed by atoms with Crippen molar-refractivity contribution in [1.82, 2.24) is 0 Å². The Hall–Kier alpha value is -0.610. The summed E-state index contributed by atoms with van der Waals surface area (Å²) in [6.07, 6.45) is 1.56. The minimum absolute atomic E-state index is 0.361. The van der Waals surface area contributed by atoms with E-state index in [0.29, 0.717) is 25.7 Å². The van der Waals surface area contributed by atoms with E-state index in [0.717, 1.165) is 0 Å². The molecule has 18 heavy (non-hydrogen) atoms. The molecule has 0 heterocycles. The number of carbonyl (C=O) groups excluding carboxylic acids is 1. The van der Waals surface area contributed by atoms with Crippen LogP contribution in [0.2, 0.25) is 0 Å². The largest absolute Gasteiger partial charge is 0.459 e. The number of rotatable bonds is 2. The van der Waals surface area contributed by atoms with E-state index in [1.807, 2.05) is 20.8 Å². The molecule has 4 nitrogen and oxygen atoms in total. The van der Waals surface area contributed by atoms with Crippen LogP contribution in [0, 0.1) is 5.41 Å². The summed E-state index contributed by atoms with van der Waals surface area (Å²) in [5.41, 5.74) is -2.60. The topological polar surface area (TPSA) is 66.8 Å². The molecular weight excluding hydrogens is 232 g/mol. The highest BCUT2D eigenvalue weighted by molar-refractivity contribution is 5.78. The third kappa shape index (κ3) is 3.23. The summed E-state index contributed by atoms with van der Waals surface area (Å²) in [6, 6.07) is 0. The first-order chi connectivity index (χ1) is 7.98. The molecule has 106 valence electrons. The summed E-state index contributed by atoms with van der Waals surface area (Å²) in [6.45, 7) is 8.89. The lowest BCUT2D eigenvalue weighted by Gasteiger charge is -2.45. The minimum atomic E-state index is -1.09. The lowest BCUT2D eigenvalue weighted by atomic mass is 9.66. The third-order valence-electron chi connectivity index (χ3n) is 3.85. The maximum absolute atomic E-state index is 12.2. The predicted octanol–water partition coefficient (Wildman–Crippen LogP) is 2.02. The maximum Gasteiger partial charge on any atom is 0.314 e. The van der Waals surface area contributed by atoms with Gasteiger partial charge in [0.2, 0.25) is 0 Å². The number of esters is 1. The number of carbonyl (C=O) groups is 1. The molecular formula is C14H26O4. The third-order valence-corrected chi connectivity index (χ3v) is 3.85. The van der Waals surface area contributed by atoms with Crippen LogP contribution in [0.15, 0.2) is 0 Å². The molecule has 0 aromatic carbocycles. The Morgan fingerprint density at radius 1 is 1.17 bits per heavy atom. The van der Waals surface area contributed by atoms with Gasteiger partial charge in [-0.1, -0.05) is 0 Å². The molecule has 0 aromatic heterocycles. The first kappa shape index (κ1) is 15.4. The Bertz CT molecular complexity index is 306. The lowest BCUT2D eigenvalue weighted by molar-refractivity contribution is -0.188. The van der Waals surface area contributed by atoms with Crippen LogP contribution in [0.4, 0.5) is 0 Å². The van der Waals surface area contributed by atoms with Crippen LogP contribution < -0.4 is 0 Å². The number of aliphatic hydroxyl groups is 2. The van der Waals surface area contributed by atoms with Crippen LogP contribution in [0.1, 0.15) is 60.3 Å². The van der Waals surface area contributed by atoms with Gasteiger partial charge in [0.05, 0.1) is 17.1 Å². The number of hydrogen-bond acceptors (Lipinski definition) is 4. The zero-order valence-corrected chi connectivity index (χ0v) is 12.1. The zero-order valence-electron chi connectivity index (χ0n) is 12.1. The molecule has 0 atom stereocenters. The fourth-order valence-electron chi connectivity index (χ4n) is 2.30. The minimum Gasteiger partial charge on any atom is -0.459 e. The van der Waals surface area contributed by atoms with Crippen molar-refractivity contribution in [2.75, 3.05) is 0 Å². The highest BCUT2D eigenvalue weighted by Crippen LogP contribution is 2.43. The average Bonchev–Trinajstić information content (AvgIpc) is 2.20. The van der Waals surface area contributed by atoms with Gasteiger partial charge in [-0.25, -0.2) is 0 Å². The monoisotopic (exact) mass is 258 g/mol. The van der Waals surface area contributed by atoms with Crippen molar-refractivity contribution in [2.45, 2.75) is 77.6 Å². The molecule has 4 heteroatoms. The molecule has 1 aliphatic carbocycles. The van der Waals surface area contributed by atoms with E-state index in [-0.39, 0.29) is 12.1 Å². The predicted molar refractivity (Wildman–Crippen MR) is 69.1 cm³/mol. The smallest absolute Gasteiger partial charge is 0.314 e. The van der Waals surface area contributed by atoms with Crippen molar-refractivity contribution in [3.8, 4) is 0 Å². The van der Waals surface area contributed by atoms with Crippen molar-refractivity contribution in [3.63, 3.8) is 0 Å². The quantitative estimate of drug-likeness (QED) is 0.744. The Labute approximate surface area is 109 Å². The van der Waals surface area contributed by atoms with E-state index in [2.05, 4.69) is 0 Å². The Morgan fingerprint density at radius 2 is 1.61 bits per heavy atom. The van der Waals surface area contributed by atoms with Gasteiger partial charge in [0, 0.05) is 0 Å². The molecule has 0 spiro atoms. The summed E-state index contributed by atoms with van der Waals surface area (Å²) in [5.74, 6) is -0.381. The van der Waals surface area contributed by atoms with Crippen molar-refractivity contribution >= 4 is 5.97 Å². The molecule has 1 fully saturated rings. The molecule has 0 amide bonds. The molecule has 0 unspecified atom stereocenters. The Kier molecular flexibility index (Phi) is 4.13. The van der Waals surface area contributed by atoms with Crippen LogP contribution in [-0.4, -0.2) is 33.5 Å². The highest BCUT2D eigenvalue weighted by atomic mass is 16.6. The molecule has 0 saturated heterocycles. The van der Waals surface area contributed by atoms with Gasteiger partial charge in [-0.3, -0.25) is 4.79 Å². The molecule has 1 rings (SSSR count). The molecule has 0 aromatic rings. The standard InChI is InChI=1S/C14H26O4/c1-12(2,3)18-11(16)13(4,5)14(17)8-6-10(15)7-9-14/h10,15,17H,6-9H2,1-5H3/t10-,14-. The lowest BCUT2D eigenvalue weighted by Crippen LogP contribution is -2.53. The van der Waals surface area contributed by atoms with Crippen LogP contribution in [0.25, 0.3) is 0 Å². The number of ether oxygens (including phenoxy) is 1. The summed E-state index contributed by atoms with van der Waals surface area (Å²) >= 11 is 0. The van der Waals surface area contributed by atoms with Gasteiger partial charge in [-0.05, 0) is 60.3 Å². The zero-order chi connectivity index (χ0) is 14.2. The van der Waals surface area contributed by atoms with Gasteiger partial charge in [0.25, 0.3) is 0 Å². The van der Waals surface area contributed by atoms with E-state index < -0.39 is 16.6 Å². The van der Waals surface area contributed by atoms with Crippen LogP contribution >= 0.6 is 0 Å². The summed E-state index contributed by atoms with van der Waals surface area (Å²) in [4.78, 5) is 12.2. The Morgan fingerprint density at radius 3 is 2.00 bits per heavy atom. The molecule has 0 aliphatic heterocycles. The van der Waals surface area contributed by atoms with Gasteiger partial charge < -0.3 is 14.9 Å². The van der Waals surface area contributed by atoms with Crippen LogP contribution in [0.5, 0.6) is 0 Å². The normalized spacial score (nSPS) is 30.1. The van der Waals surface area contributed by atoms with Gasteiger partial charge >= 0.3 is 5.97 Å². The summed E-state index contributed by atoms with van der Waals surface area (Å²) in [7, 11) is 0. The number of hydrogen-bond donors (Lipinski definition) is 2. The molecule has 1 aliphatic rings.